The number of amides is 1. The van der Waals surface area contributed by atoms with Crippen molar-refractivity contribution in [3.63, 3.8) is 0 Å². The van der Waals surface area contributed by atoms with Gasteiger partial charge >= 0.3 is 0 Å². The molecule has 1 saturated heterocycles. The summed E-state index contributed by atoms with van der Waals surface area (Å²) in [6, 6.07) is 5.66. The molecule has 1 heterocycles. The predicted octanol–water partition coefficient (Wildman–Crippen LogP) is 3.11. The molecule has 6 heteroatoms. The molecule has 1 amide bonds. The summed E-state index contributed by atoms with van der Waals surface area (Å²) < 4.78 is 25.8. The van der Waals surface area contributed by atoms with Gasteiger partial charge in [-0.2, -0.15) is 0 Å². The van der Waals surface area contributed by atoms with E-state index < -0.39 is 10.0 Å². The molecule has 0 N–H and O–H groups in total. The largest absolute Gasteiger partial charge is 0.343 e. The summed E-state index contributed by atoms with van der Waals surface area (Å²) in [7, 11) is -3.37. The summed E-state index contributed by atoms with van der Waals surface area (Å²) >= 11 is 0. The van der Waals surface area contributed by atoms with Gasteiger partial charge in [0.25, 0.3) is 0 Å². The van der Waals surface area contributed by atoms with Crippen molar-refractivity contribution in [1.82, 2.24) is 4.90 Å². The Morgan fingerprint density at radius 3 is 2.40 bits per heavy atom. The second kappa shape index (κ2) is 8.21. The fourth-order valence-electron chi connectivity index (χ4n) is 3.16. The lowest BCUT2D eigenvalue weighted by Gasteiger charge is -2.30. The maximum absolute atomic E-state index is 12.3. The Kier molecular flexibility index (Phi) is 6.49. The van der Waals surface area contributed by atoms with Gasteiger partial charge in [0.2, 0.25) is 15.9 Å². The highest BCUT2D eigenvalue weighted by Gasteiger charge is 2.22. The summed E-state index contributed by atoms with van der Waals surface area (Å²) in [5.41, 5.74) is 2.86. The van der Waals surface area contributed by atoms with E-state index in [1.54, 1.807) is 0 Å². The molecule has 0 aliphatic carbocycles. The molecule has 5 nitrogen and oxygen atoms in total. The molecule has 0 unspecified atom stereocenters. The number of benzene rings is 1. The Morgan fingerprint density at radius 2 is 1.84 bits per heavy atom. The summed E-state index contributed by atoms with van der Waals surface area (Å²) in [5.74, 6) is 0.829. The maximum atomic E-state index is 12.3. The van der Waals surface area contributed by atoms with Crippen LogP contribution in [0.4, 0.5) is 5.69 Å². The van der Waals surface area contributed by atoms with E-state index in [-0.39, 0.29) is 5.91 Å². The van der Waals surface area contributed by atoms with Crippen molar-refractivity contribution in [2.24, 2.45) is 5.92 Å². The molecule has 0 bridgehead atoms. The van der Waals surface area contributed by atoms with E-state index in [1.165, 1.54) is 10.6 Å². The van der Waals surface area contributed by atoms with E-state index in [0.717, 1.165) is 37.1 Å². The third kappa shape index (κ3) is 5.46. The molecule has 0 atom stereocenters. The van der Waals surface area contributed by atoms with Crippen molar-refractivity contribution in [3.05, 3.63) is 29.3 Å². The first-order chi connectivity index (χ1) is 11.7. The molecular formula is C19H30N2O3S. The van der Waals surface area contributed by atoms with E-state index in [9.17, 15) is 13.2 Å². The van der Waals surface area contributed by atoms with Crippen LogP contribution in [0.25, 0.3) is 0 Å². The summed E-state index contributed by atoms with van der Waals surface area (Å²) in [6.45, 7) is 8.18. The summed E-state index contributed by atoms with van der Waals surface area (Å²) in [4.78, 5) is 14.2. The topological polar surface area (TPSA) is 57.7 Å². The number of likely N-dealkylation sites (tertiary alicyclic amines) is 1. The molecule has 1 aromatic rings. The fourth-order valence-corrected chi connectivity index (χ4v) is 4.11. The number of hydrogen-bond donors (Lipinski definition) is 0. The number of hydrogen-bond acceptors (Lipinski definition) is 3. The van der Waals surface area contributed by atoms with Gasteiger partial charge in [0, 0.05) is 26.1 Å². The molecular weight excluding hydrogens is 336 g/mol. The minimum absolute atomic E-state index is 0.139. The molecule has 0 radical (unpaired) electrons. The van der Waals surface area contributed by atoms with Crippen LogP contribution in [0, 0.1) is 19.8 Å². The van der Waals surface area contributed by atoms with Gasteiger partial charge in [0.1, 0.15) is 0 Å². The number of piperidine rings is 1. The average molecular weight is 367 g/mol. The van der Waals surface area contributed by atoms with Crippen LogP contribution in [0.1, 0.15) is 43.7 Å². The monoisotopic (exact) mass is 366 g/mol. The first-order valence-electron chi connectivity index (χ1n) is 9.01. The normalized spacial score (nSPS) is 16.1. The van der Waals surface area contributed by atoms with Crippen molar-refractivity contribution in [1.29, 1.82) is 0 Å². The lowest BCUT2D eigenvalue weighted by Crippen LogP contribution is -2.38. The zero-order valence-corrected chi connectivity index (χ0v) is 16.6. The minimum atomic E-state index is -3.37. The minimum Gasteiger partial charge on any atom is -0.343 e. The number of aryl methyl sites for hydroxylation is 2. The molecule has 140 valence electrons. The lowest BCUT2D eigenvalue weighted by atomic mass is 9.99. The van der Waals surface area contributed by atoms with Crippen molar-refractivity contribution in [2.75, 3.05) is 30.2 Å². The Balaban J connectivity index is 1.97. The standard InChI is InChI=1S/C19H30N2O3S/c1-15-9-12-20(13-10-15)19(22)6-5-11-21(25(4,23)24)18-8-7-16(2)17(3)14-18/h7-8,14-15H,5-6,9-13H2,1-4H3. The van der Waals surface area contributed by atoms with Gasteiger partial charge in [-0.3, -0.25) is 9.10 Å². The zero-order chi connectivity index (χ0) is 18.6. The Bertz CT molecular complexity index is 707. The SMILES string of the molecule is Cc1ccc(N(CCCC(=O)N2CCC(C)CC2)S(C)(=O)=O)cc1C. The molecule has 25 heavy (non-hydrogen) atoms. The van der Waals surface area contributed by atoms with Crippen LogP contribution in [0.2, 0.25) is 0 Å². The van der Waals surface area contributed by atoms with Crippen LogP contribution in [-0.4, -0.2) is 45.1 Å². The van der Waals surface area contributed by atoms with Crippen molar-refractivity contribution in [3.8, 4) is 0 Å². The zero-order valence-electron chi connectivity index (χ0n) is 15.8. The molecule has 0 aromatic heterocycles. The van der Waals surface area contributed by atoms with Gasteiger partial charge < -0.3 is 4.90 Å². The maximum Gasteiger partial charge on any atom is 0.232 e. The number of carbonyl (C=O) groups excluding carboxylic acids is 1. The third-order valence-electron chi connectivity index (χ3n) is 5.07. The summed E-state index contributed by atoms with van der Waals surface area (Å²) in [5, 5.41) is 0. The smallest absolute Gasteiger partial charge is 0.232 e. The third-order valence-corrected chi connectivity index (χ3v) is 6.26. The molecule has 1 aliphatic heterocycles. The number of nitrogens with zero attached hydrogens (tertiary/aromatic N) is 2. The molecule has 0 spiro atoms. The van der Waals surface area contributed by atoms with Crippen LogP contribution >= 0.6 is 0 Å². The fraction of sp³-hybridized carbons (Fsp3) is 0.632. The number of anilines is 1. The number of carbonyl (C=O) groups is 1. The van der Waals surface area contributed by atoms with Crippen LogP contribution in [-0.2, 0) is 14.8 Å². The van der Waals surface area contributed by atoms with Crippen molar-refractivity contribution in [2.45, 2.75) is 46.5 Å². The second-order valence-corrected chi connectivity index (χ2v) is 9.18. The molecule has 1 aliphatic rings. The first-order valence-corrected chi connectivity index (χ1v) is 10.9. The van der Waals surface area contributed by atoms with E-state index >= 15 is 0 Å². The Labute approximate surface area is 152 Å². The Hall–Kier alpha value is -1.56. The highest BCUT2D eigenvalue weighted by atomic mass is 32.2. The van der Waals surface area contributed by atoms with Crippen LogP contribution in [0.5, 0.6) is 0 Å². The number of sulfonamides is 1. The van der Waals surface area contributed by atoms with E-state index in [1.807, 2.05) is 36.9 Å². The van der Waals surface area contributed by atoms with Gasteiger partial charge in [0.15, 0.2) is 0 Å². The van der Waals surface area contributed by atoms with Crippen molar-refractivity contribution < 1.29 is 13.2 Å². The van der Waals surface area contributed by atoms with Gasteiger partial charge in [-0.1, -0.05) is 13.0 Å². The first kappa shape index (κ1) is 19.8. The Morgan fingerprint density at radius 1 is 1.20 bits per heavy atom. The van der Waals surface area contributed by atoms with Crippen molar-refractivity contribution >= 4 is 21.6 Å². The van der Waals surface area contributed by atoms with Crippen LogP contribution in [0.3, 0.4) is 0 Å². The van der Waals surface area contributed by atoms with E-state index in [0.29, 0.717) is 31.0 Å². The highest BCUT2D eigenvalue weighted by molar-refractivity contribution is 7.92. The van der Waals surface area contributed by atoms with Gasteiger partial charge in [-0.05, 0) is 62.3 Å². The lowest BCUT2D eigenvalue weighted by molar-refractivity contribution is -0.132. The average Bonchev–Trinajstić information content (AvgIpc) is 2.53. The molecule has 1 fully saturated rings. The summed E-state index contributed by atoms with van der Waals surface area (Å²) in [6.07, 6.45) is 4.26. The van der Waals surface area contributed by atoms with Crippen LogP contribution in [0.15, 0.2) is 18.2 Å². The second-order valence-electron chi connectivity index (χ2n) is 7.27. The molecule has 0 saturated carbocycles. The van der Waals surface area contributed by atoms with E-state index in [2.05, 4.69) is 6.92 Å². The highest BCUT2D eigenvalue weighted by Crippen LogP contribution is 2.22. The molecule has 1 aromatic carbocycles. The van der Waals surface area contributed by atoms with E-state index in [4.69, 9.17) is 0 Å². The predicted molar refractivity (Wildman–Crippen MR) is 102 cm³/mol. The quantitative estimate of drug-likeness (QED) is 0.777. The van der Waals surface area contributed by atoms with Gasteiger partial charge in [-0.15, -0.1) is 0 Å². The van der Waals surface area contributed by atoms with Gasteiger partial charge in [0.05, 0.1) is 11.9 Å². The van der Waals surface area contributed by atoms with Gasteiger partial charge in [-0.25, -0.2) is 8.42 Å². The van der Waals surface area contributed by atoms with Crippen LogP contribution < -0.4 is 4.31 Å². The number of rotatable bonds is 6. The molecule has 2 rings (SSSR count).